The number of hydrogen-bond donors (Lipinski definition) is 1. The van der Waals surface area contributed by atoms with Crippen LogP contribution in [0.5, 0.6) is 5.75 Å². The normalized spacial score (nSPS) is 9.76. The summed E-state index contributed by atoms with van der Waals surface area (Å²) < 4.78 is 18.9. The first-order chi connectivity index (χ1) is 10.1. The Kier molecular flexibility index (Phi) is 4.90. The molecule has 2 aromatic rings. The Bertz CT molecular complexity index is 693. The van der Waals surface area contributed by atoms with Crippen molar-refractivity contribution >= 4 is 27.5 Å². The molecule has 0 fully saturated rings. The lowest BCUT2D eigenvalue weighted by molar-refractivity contribution is -0.118. The third-order valence-corrected chi connectivity index (χ3v) is 2.99. The van der Waals surface area contributed by atoms with Crippen LogP contribution < -0.4 is 10.1 Å². The molecule has 0 saturated carbocycles. The van der Waals surface area contributed by atoms with E-state index in [-0.39, 0.29) is 12.4 Å². The zero-order valence-electron chi connectivity index (χ0n) is 10.8. The molecular formula is C15H10BrFN2O2. The zero-order valence-corrected chi connectivity index (χ0v) is 12.4. The maximum absolute atomic E-state index is 13.2. The Morgan fingerprint density at radius 1 is 1.33 bits per heavy atom. The Morgan fingerprint density at radius 3 is 2.81 bits per heavy atom. The van der Waals surface area contributed by atoms with Crippen LogP contribution in [0.3, 0.4) is 0 Å². The molecule has 0 bridgehead atoms. The van der Waals surface area contributed by atoms with Gasteiger partial charge in [-0.15, -0.1) is 0 Å². The zero-order chi connectivity index (χ0) is 15.2. The predicted molar refractivity (Wildman–Crippen MR) is 79.4 cm³/mol. The van der Waals surface area contributed by atoms with Crippen LogP contribution in [-0.2, 0) is 4.79 Å². The summed E-state index contributed by atoms with van der Waals surface area (Å²) in [5.41, 5.74) is 0.772. The molecule has 106 valence electrons. The van der Waals surface area contributed by atoms with Crippen LogP contribution in [0.15, 0.2) is 46.9 Å². The predicted octanol–water partition coefficient (Wildman–Crippen LogP) is 3.48. The lowest BCUT2D eigenvalue weighted by Gasteiger charge is -2.09. The number of anilines is 1. The lowest BCUT2D eigenvalue weighted by Crippen LogP contribution is -2.20. The number of halogens is 2. The number of nitrogens with one attached hydrogen (secondary N) is 1. The SMILES string of the molecule is N#Cc1ccccc1NC(=O)COc1cc(F)cc(Br)c1. The molecule has 0 spiro atoms. The number of ether oxygens (including phenoxy) is 1. The topological polar surface area (TPSA) is 62.1 Å². The first-order valence-corrected chi connectivity index (χ1v) is 6.75. The van der Waals surface area contributed by atoms with Gasteiger partial charge in [0.05, 0.1) is 11.3 Å². The fraction of sp³-hybridized carbons (Fsp3) is 0.0667. The molecule has 0 aliphatic carbocycles. The van der Waals surface area contributed by atoms with Gasteiger partial charge in [-0.3, -0.25) is 4.79 Å². The Labute approximate surface area is 129 Å². The van der Waals surface area contributed by atoms with Gasteiger partial charge in [0, 0.05) is 10.5 Å². The lowest BCUT2D eigenvalue weighted by atomic mass is 10.2. The van der Waals surface area contributed by atoms with Crippen LogP contribution in [0.2, 0.25) is 0 Å². The van der Waals surface area contributed by atoms with Gasteiger partial charge in [0.1, 0.15) is 17.6 Å². The molecule has 0 aliphatic rings. The Balaban J connectivity index is 1.98. The van der Waals surface area contributed by atoms with E-state index in [1.807, 2.05) is 6.07 Å². The van der Waals surface area contributed by atoms with E-state index in [4.69, 9.17) is 10.00 Å². The van der Waals surface area contributed by atoms with Crippen molar-refractivity contribution in [2.45, 2.75) is 0 Å². The fourth-order valence-corrected chi connectivity index (χ4v) is 2.08. The number of benzene rings is 2. The highest BCUT2D eigenvalue weighted by Crippen LogP contribution is 2.20. The Morgan fingerprint density at radius 2 is 2.10 bits per heavy atom. The first-order valence-electron chi connectivity index (χ1n) is 5.96. The summed E-state index contributed by atoms with van der Waals surface area (Å²) in [6.45, 7) is -0.282. The number of hydrogen-bond acceptors (Lipinski definition) is 3. The van der Waals surface area contributed by atoms with E-state index in [0.717, 1.165) is 0 Å². The van der Waals surface area contributed by atoms with Crippen LogP contribution in [0.4, 0.5) is 10.1 Å². The van der Waals surface area contributed by atoms with Crippen LogP contribution in [0, 0.1) is 17.1 Å². The minimum Gasteiger partial charge on any atom is -0.484 e. The monoisotopic (exact) mass is 348 g/mol. The van der Waals surface area contributed by atoms with Crippen LogP contribution in [0.1, 0.15) is 5.56 Å². The van der Waals surface area contributed by atoms with E-state index in [0.29, 0.717) is 15.7 Å². The van der Waals surface area contributed by atoms with Gasteiger partial charge in [0.2, 0.25) is 0 Å². The van der Waals surface area contributed by atoms with Gasteiger partial charge in [0.25, 0.3) is 5.91 Å². The summed E-state index contributed by atoms with van der Waals surface area (Å²) in [6.07, 6.45) is 0. The first kappa shape index (κ1) is 15.0. The number of amides is 1. The fourth-order valence-electron chi connectivity index (χ4n) is 1.64. The Hall–Kier alpha value is -2.39. The number of rotatable bonds is 4. The second-order valence-electron chi connectivity index (χ2n) is 4.10. The van der Waals surface area contributed by atoms with Crippen molar-refractivity contribution in [1.29, 1.82) is 5.26 Å². The molecule has 0 unspecified atom stereocenters. The molecule has 0 aliphatic heterocycles. The molecule has 0 radical (unpaired) electrons. The molecule has 2 aromatic carbocycles. The molecule has 21 heavy (non-hydrogen) atoms. The van der Waals surface area contributed by atoms with Gasteiger partial charge in [0.15, 0.2) is 6.61 Å². The van der Waals surface area contributed by atoms with Crippen molar-refractivity contribution in [2.75, 3.05) is 11.9 Å². The highest BCUT2D eigenvalue weighted by Gasteiger charge is 2.08. The molecule has 0 heterocycles. The van der Waals surface area contributed by atoms with Crippen molar-refractivity contribution in [3.05, 3.63) is 58.3 Å². The number of carbonyl (C=O) groups is 1. The van der Waals surface area contributed by atoms with Crippen LogP contribution in [0.25, 0.3) is 0 Å². The van der Waals surface area contributed by atoms with Gasteiger partial charge in [-0.2, -0.15) is 5.26 Å². The molecule has 0 aromatic heterocycles. The van der Waals surface area contributed by atoms with Crippen molar-refractivity contribution in [3.63, 3.8) is 0 Å². The van der Waals surface area contributed by atoms with E-state index < -0.39 is 11.7 Å². The van der Waals surface area contributed by atoms with Crippen molar-refractivity contribution in [3.8, 4) is 11.8 Å². The molecule has 1 N–H and O–H groups in total. The highest BCUT2D eigenvalue weighted by molar-refractivity contribution is 9.10. The molecule has 6 heteroatoms. The third kappa shape index (κ3) is 4.29. The number of para-hydroxylation sites is 1. The average Bonchev–Trinajstić information content (AvgIpc) is 2.45. The second kappa shape index (κ2) is 6.86. The second-order valence-corrected chi connectivity index (χ2v) is 5.02. The molecule has 4 nitrogen and oxygen atoms in total. The van der Waals surface area contributed by atoms with Crippen molar-refractivity contribution in [1.82, 2.24) is 0 Å². The minimum absolute atomic E-state index is 0.241. The number of carbonyl (C=O) groups excluding carboxylic acids is 1. The quantitative estimate of drug-likeness (QED) is 0.919. The number of nitrogens with zero attached hydrogens (tertiary/aromatic N) is 1. The van der Waals surface area contributed by atoms with Crippen molar-refractivity contribution in [2.24, 2.45) is 0 Å². The summed E-state index contributed by atoms with van der Waals surface area (Å²) in [4.78, 5) is 11.8. The standard InChI is InChI=1S/C15H10BrFN2O2/c16-11-5-12(17)7-13(6-11)21-9-15(20)19-14-4-2-1-3-10(14)8-18/h1-7H,9H2,(H,19,20). The van der Waals surface area contributed by atoms with Crippen molar-refractivity contribution < 1.29 is 13.9 Å². The van der Waals surface area contributed by atoms with Gasteiger partial charge >= 0.3 is 0 Å². The van der Waals surface area contributed by atoms with Gasteiger partial charge in [-0.25, -0.2) is 4.39 Å². The molecular weight excluding hydrogens is 339 g/mol. The third-order valence-electron chi connectivity index (χ3n) is 2.53. The summed E-state index contributed by atoms with van der Waals surface area (Å²) in [6, 6.07) is 12.6. The summed E-state index contributed by atoms with van der Waals surface area (Å²) in [7, 11) is 0. The minimum atomic E-state index is -0.463. The average molecular weight is 349 g/mol. The van der Waals surface area contributed by atoms with Crippen LogP contribution >= 0.6 is 15.9 Å². The largest absolute Gasteiger partial charge is 0.484 e. The molecule has 2 rings (SSSR count). The van der Waals surface area contributed by atoms with Gasteiger partial charge < -0.3 is 10.1 Å². The van der Waals surface area contributed by atoms with E-state index in [9.17, 15) is 9.18 Å². The summed E-state index contributed by atoms with van der Waals surface area (Å²) in [5, 5.41) is 11.5. The molecule has 0 saturated heterocycles. The van der Waals surface area contributed by atoms with E-state index in [1.165, 1.54) is 12.1 Å². The summed E-state index contributed by atoms with van der Waals surface area (Å²) in [5.74, 6) is -0.654. The maximum Gasteiger partial charge on any atom is 0.262 e. The maximum atomic E-state index is 13.2. The van der Waals surface area contributed by atoms with E-state index >= 15 is 0 Å². The molecule has 1 amide bonds. The highest BCUT2D eigenvalue weighted by atomic mass is 79.9. The van der Waals surface area contributed by atoms with E-state index in [2.05, 4.69) is 21.2 Å². The number of nitriles is 1. The van der Waals surface area contributed by atoms with Gasteiger partial charge in [-0.1, -0.05) is 28.1 Å². The van der Waals surface area contributed by atoms with Gasteiger partial charge in [-0.05, 0) is 24.3 Å². The van der Waals surface area contributed by atoms with Crippen LogP contribution in [-0.4, -0.2) is 12.5 Å². The van der Waals surface area contributed by atoms with E-state index in [1.54, 1.807) is 30.3 Å². The molecule has 0 atom stereocenters. The smallest absolute Gasteiger partial charge is 0.262 e. The summed E-state index contributed by atoms with van der Waals surface area (Å²) >= 11 is 3.14.